The summed E-state index contributed by atoms with van der Waals surface area (Å²) >= 11 is 0. The molecule has 0 radical (unpaired) electrons. The van der Waals surface area contributed by atoms with Crippen LogP contribution in [0.5, 0.6) is 0 Å². The van der Waals surface area contributed by atoms with Crippen molar-refractivity contribution < 1.29 is 24.6 Å². The summed E-state index contributed by atoms with van der Waals surface area (Å²) in [6.07, 6.45) is 0. The molecule has 0 aromatic heterocycles. The van der Waals surface area contributed by atoms with Crippen LogP contribution in [0.15, 0.2) is 48.5 Å². The van der Waals surface area contributed by atoms with E-state index in [1.807, 2.05) is 0 Å². The molecule has 1 aliphatic heterocycles. The summed E-state index contributed by atoms with van der Waals surface area (Å²) in [7, 11) is 0. The van der Waals surface area contributed by atoms with Gasteiger partial charge in [0.05, 0.1) is 0 Å². The van der Waals surface area contributed by atoms with Crippen molar-refractivity contribution in [2.45, 2.75) is 26.2 Å². The van der Waals surface area contributed by atoms with E-state index in [-0.39, 0.29) is 41.9 Å². The molecule has 2 aromatic carbocycles. The third-order valence-electron chi connectivity index (χ3n) is 3.54. The molecule has 2 aromatic rings. The maximum Gasteiger partial charge on any atom is 3.00 e. The van der Waals surface area contributed by atoms with Crippen molar-refractivity contribution in [3.05, 3.63) is 70.8 Å². The second-order valence-corrected chi connectivity index (χ2v) is 4.94. The quantitative estimate of drug-likeness (QED) is 0.782. The molecule has 1 heterocycles. The SMILES string of the molecule is NCc1ccc2c(c1)CN(Cc1ccccc1)C2.[Al+3].[H-].[H-].[H-].[H-].[Li+]. The van der Waals surface area contributed by atoms with Crippen molar-refractivity contribution in [1.29, 1.82) is 0 Å². The monoisotopic (exact) mass is 276 g/mol. The normalized spacial score (nSPS) is 13.2. The van der Waals surface area contributed by atoms with Gasteiger partial charge < -0.3 is 11.4 Å². The van der Waals surface area contributed by atoms with Gasteiger partial charge in [-0.15, -0.1) is 0 Å². The van der Waals surface area contributed by atoms with E-state index in [4.69, 9.17) is 5.73 Å². The Morgan fingerprint density at radius 2 is 1.65 bits per heavy atom. The van der Waals surface area contributed by atoms with Gasteiger partial charge in [0.2, 0.25) is 0 Å². The van der Waals surface area contributed by atoms with E-state index >= 15 is 0 Å². The Morgan fingerprint density at radius 1 is 0.950 bits per heavy atom. The van der Waals surface area contributed by atoms with Gasteiger partial charge in [-0.25, -0.2) is 0 Å². The van der Waals surface area contributed by atoms with Crippen molar-refractivity contribution in [1.82, 2.24) is 4.90 Å². The summed E-state index contributed by atoms with van der Waals surface area (Å²) in [6, 6.07) is 17.3. The molecule has 1 aliphatic rings. The topological polar surface area (TPSA) is 29.3 Å². The van der Waals surface area contributed by atoms with Crippen LogP contribution in [0.1, 0.15) is 28.0 Å². The van der Waals surface area contributed by atoms with Crippen LogP contribution in [0.2, 0.25) is 0 Å². The number of hydrogen-bond donors (Lipinski definition) is 1. The smallest absolute Gasteiger partial charge is 1.00 e. The second kappa shape index (κ2) is 8.06. The Hall–Kier alpha value is -0.510. The predicted octanol–water partition coefficient (Wildman–Crippen LogP) is -0.266. The van der Waals surface area contributed by atoms with E-state index in [2.05, 4.69) is 53.4 Å². The Kier molecular flexibility index (Phi) is 7.07. The zero-order chi connectivity index (χ0) is 12.4. The number of fused-ring (bicyclic) bond motifs is 1. The van der Waals surface area contributed by atoms with Crippen LogP contribution in [0.25, 0.3) is 0 Å². The maximum atomic E-state index is 5.69. The van der Waals surface area contributed by atoms with E-state index in [1.165, 1.54) is 22.3 Å². The van der Waals surface area contributed by atoms with E-state index in [1.54, 1.807) is 0 Å². The Morgan fingerprint density at radius 3 is 2.35 bits per heavy atom. The van der Waals surface area contributed by atoms with Crippen LogP contribution in [-0.2, 0) is 26.2 Å². The van der Waals surface area contributed by atoms with Gasteiger partial charge in [-0.2, -0.15) is 0 Å². The molecule has 0 aliphatic carbocycles. The molecular weight excluding hydrogens is 254 g/mol. The summed E-state index contributed by atoms with van der Waals surface area (Å²) in [4.78, 5) is 2.47. The van der Waals surface area contributed by atoms with Crippen LogP contribution in [0.4, 0.5) is 0 Å². The molecule has 2 nitrogen and oxygen atoms in total. The molecular formula is C16H22AlLiN2. The summed E-state index contributed by atoms with van der Waals surface area (Å²) in [5.41, 5.74) is 11.2. The molecule has 0 atom stereocenters. The number of hydrogen-bond acceptors (Lipinski definition) is 2. The molecule has 0 saturated carbocycles. The minimum absolute atomic E-state index is 0. The van der Waals surface area contributed by atoms with Crippen LogP contribution in [0.3, 0.4) is 0 Å². The first-order valence-electron chi connectivity index (χ1n) is 6.42. The van der Waals surface area contributed by atoms with E-state index in [0.717, 1.165) is 19.6 Å². The number of benzene rings is 2. The molecule has 0 saturated heterocycles. The molecule has 2 N–H and O–H groups in total. The van der Waals surface area contributed by atoms with Gasteiger partial charge in [0.25, 0.3) is 0 Å². The third kappa shape index (κ3) is 4.00. The zero-order valence-electron chi connectivity index (χ0n) is 16.0. The van der Waals surface area contributed by atoms with Crippen LogP contribution >= 0.6 is 0 Å². The van der Waals surface area contributed by atoms with Crippen molar-refractivity contribution >= 4 is 17.4 Å². The van der Waals surface area contributed by atoms with E-state index in [9.17, 15) is 0 Å². The van der Waals surface area contributed by atoms with Crippen LogP contribution < -0.4 is 24.6 Å². The number of nitrogens with two attached hydrogens (primary N) is 1. The molecule has 4 heteroatoms. The fourth-order valence-corrected chi connectivity index (χ4v) is 2.60. The minimum Gasteiger partial charge on any atom is -1.00 e. The molecule has 3 rings (SSSR count). The standard InChI is InChI=1S/C16H18N2.Al.Li.4H/c17-9-14-6-7-15-11-18(12-16(15)8-14)10-13-4-2-1-3-5-13;;;;;;/h1-8H,9-12,17H2;;;;;;/q;+3;+1;4*-1. The molecule has 100 valence electrons. The first kappa shape index (κ1) is 17.5. The summed E-state index contributed by atoms with van der Waals surface area (Å²) in [6.45, 7) is 3.74. The molecule has 0 bridgehead atoms. The fraction of sp³-hybridized carbons (Fsp3) is 0.250. The van der Waals surface area contributed by atoms with E-state index < -0.39 is 0 Å². The van der Waals surface area contributed by atoms with Gasteiger partial charge in [-0.3, -0.25) is 4.90 Å². The van der Waals surface area contributed by atoms with Crippen molar-refractivity contribution in [3.8, 4) is 0 Å². The van der Waals surface area contributed by atoms with Gasteiger partial charge in [0.15, 0.2) is 0 Å². The van der Waals surface area contributed by atoms with Gasteiger partial charge in [0, 0.05) is 26.2 Å². The zero-order valence-corrected chi connectivity index (χ0v) is 13.2. The van der Waals surface area contributed by atoms with Crippen molar-refractivity contribution in [3.63, 3.8) is 0 Å². The molecule has 0 unspecified atom stereocenters. The summed E-state index contributed by atoms with van der Waals surface area (Å²) < 4.78 is 0. The van der Waals surface area contributed by atoms with Crippen molar-refractivity contribution in [2.75, 3.05) is 0 Å². The minimum atomic E-state index is 0. The summed E-state index contributed by atoms with van der Waals surface area (Å²) in [5, 5.41) is 0. The predicted molar refractivity (Wildman–Crippen MR) is 83.9 cm³/mol. The Balaban J connectivity index is -0.000000333. The second-order valence-electron chi connectivity index (χ2n) is 4.94. The summed E-state index contributed by atoms with van der Waals surface area (Å²) in [5.74, 6) is 0. The van der Waals surface area contributed by atoms with Crippen LogP contribution in [0, 0.1) is 0 Å². The molecule has 0 amide bonds. The average molecular weight is 276 g/mol. The van der Waals surface area contributed by atoms with Gasteiger partial charge in [0.1, 0.15) is 0 Å². The van der Waals surface area contributed by atoms with E-state index in [0.29, 0.717) is 6.54 Å². The van der Waals surface area contributed by atoms with Gasteiger partial charge in [-0.1, -0.05) is 48.5 Å². The number of rotatable bonds is 3. The largest absolute Gasteiger partial charge is 3.00 e. The number of nitrogens with zero attached hydrogens (tertiary/aromatic N) is 1. The first-order chi connectivity index (χ1) is 8.85. The fourth-order valence-electron chi connectivity index (χ4n) is 2.60. The Labute approximate surface area is 149 Å². The van der Waals surface area contributed by atoms with Gasteiger partial charge >= 0.3 is 36.2 Å². The molecule has 0 spiro atoms. The molecule has 20 heavy (non-hydrogen) atoms. The van der Waals surface area contributed by atoms with Gasteiger partial charge in [-0.05, 0) is 22.3 Å². The molecule has 0 fully saturated rings. The van der Waals surface area contributed by atoms with Crippen molar-refractivity contribution in [2.24, 2.45) is 5.73 Å². The third-order valence-corrected chi connectivity index (χ3v) is 3.54. The maximum absolute atomic E-state index is 5.69. The Bertz CT molecular complexity index is 561. The van der Waals surface area contributed by atoms with Crippen LogP contribution in [-0.4, -0.2) is 22.3 Å². The average Bonchev–Trinajstić information content (AvgIpc) is 2.80. The first-order valence-corrected chi connectivity index (χ1v) is 6.42.